The van der Waals surface area contributed by atoms with Crippen LogP contribution in [0.3, 0.4) is 0 Å². The number of benzene rings is 2. The zero-order valence-electron chi connectivity index (χ0n) is 11.0. The van der Waals surface area contributed by atoms with Crippen LogP contribution in [0.2, 0.25) is 10.0 Å². The molecule has 5 heteroatoms. The monoisotopic (exact) mass is 311 g/mol. The Balaban J connectivity index is 1.86. The van der Waals surface area contributed by atoms with Crippen LogP contribution in [0.25, 0.3) is 0 Å². The smallest absolute Gasteiger partial charge is 0.142 e. The van der Waals surface area contributed by atoms with Crippen LogP contribution in [0.1, 0.15) is 5.56 Å². The number of rotatable bonds is 5. The van der Waals surface area contributed by atoms with Crippen molar-refractivity contribution in [3.05, 3.63) is 52.0 Å². The maximum absolute atomic E-state index is 5.88. The molecule has 0 atom stereocenters. The summed E-state index contributed by atoms with van der Waals surface area (Å²) in [6.45, 7) is 2.75. The highest BCUT2D eigenvalue weighted by atomic mass is 35.5. The van der Waals surface area contributed by atoms with Gasteiger partial charge in [0.1, 0.15) is 24.7 Å². The number of nitrogen functional groups attached to an aromatic ring is 1. The van der Waals surface area contributed by atoms with Gasteiger partial charge in [-0.2, -0.15) is 0 Å². The summed E-state index contributed by atoms with van der Waals surface area (Å²) >= 11 is 11.8. The Kier molecular flexibility index (Phi) is 4.99. The number of nitrogens with two attached hydrogens (primary N) is 1. The molecule has 2 rings (SSSR count). The van der Waals surface area contributed by atoms with Crippen molar-refractivity contribution < 1.29 is 9.47 Å². The zero-order chi connectivity index (χ0) is 14.5. The molecule has 0 spiro atoms. The molecule has 106 valence electrons. The van der Waals surface area contributed by atoms with E-state index in [1.165, 1.54) is 0 Å². The Bertz CT molecular complexity index is 582. The Labute approximate surface area is 128 Å². The molecule has 0 radical (unpaired) electrons. The van der Waals surface area contributed by atoms with Gasteiger partial charge >= 0.3 is 0 Å². The number of ether oxygens (including phenoxy) is 2. The first-order valence-corrected chi connectivity index (χ1v) is 6.88. The van der Waals surface area contributed by atoms with Crippen molar-refractivity contribution in [3.63, 3.8) is 0 Å². The van der Waals surface area contributed by atoms with E-state index in [4.69, 9.17) is 38.4 Å². The molecule has 2 aromatic rings. The van der Waals surface area contributed by atoms with E-state index in [1.54, 1.807) is 18.2 Å². The highest BCUT2D eigenvalue weighted by Gasteiger charge is 2.02. The van der Waals surface area contributed by atoms with Crippen LogP contribution >= 0.6 is 23.2 Å². The van der Waals surface area contributed by atoms with Crippen LogP contribution in [-0.4, -0.2) is 13.2 Å². The maximum atomic E-state index is 5.88. The van der Waals surface area contributed by atoms with Crippen molar-refractivity contribution in [1.29, 1.82) is 0 Å². The molecule has 0 saturated carbocycles. The molecular formula is C15H15Cl2NO2. The molecule has 0 amide bonds. The van der Waals surface area contributed by atoms with Gasteiger partial charge in [-0.1, -0.05) is 29.3 Å². The third-order valence-corrected chi connectivity index (χ3v) is 3.05. The Hall–Kier alpha value is -1.58. The van der Waals surface area contributed by atoms with Gasteiger partial charge in [0.05, 0.1) is 5.69 Å². The van der Waals surface area contributed by atoms with Crippen molar-refractivity contribution in [2.45, 2.75) is 6.92 Å². The molecule has 2 N–H and O–H groups in total. The molecule has 0 unspecified atom stereocenters. The van der Waals surface area contributed by atoms with Crippen molar-refractivity contribution >= 4 is 28.9 Å². The van der Waals surface area contributed by atoms with E-state index in [0.717, 1.165) is 5.56 Å². The zero-order valence-corrected chi connectivity index (χ0v) is 12.5. The molecule has 0 aliphatic heterocycles. The van der Waals surface area contributed by atoms with Crippen LogP contribution in [-0.2, 0) is 0 Å². The quantitative estimate of drug-likeness (QED) is 0.660. The number of hydrogen-bond acceptors (Lipinski definition) is 3. The first kappa shape index (κ1) is 14.8. The van der Waals surface area contributed by atoms with E-state index in [0.29, 0.717) is 40.4 Å². The fourth-order valence-corrected chi connectivity index (χ4v) is 2.20. The van der Waals surface area contributed by atoms with Crippen LogP contribution in [0, 0.1) is 6.92 Å². The van der Waals surface area contributed by atoms with Crippen molar-refractivity contribution in [1.82, 2.24) is 0 Å². The summed E-state index contributed by atoms with van der Waals surface area (Å²) < 4.78 is 11.1. The van der Waals surface area contributed by atoms with E-state index < -0.39 is 0 Å². The number of aryl methyl sites for hydroxylation is 1. The molecule has 0 heterocycles. The Morgan fingerprint density at radius 2 is 1.60 bits per heavy atom. The van der Waals surface area contributed by atoms with Gasteiger partial charge in [-0.25, -0.2) is 0 Å². The minimum atomic E-state index is 0.379. The lowest BCUT2D eigenvalue weighted by Gasteiger charge is -2.11. The standard InChI is InChI=1S/C15H15Cl2NO2/c1-10-2-3-14(18)15(6-10)20-5-4-19-13-8-11(16)7-12(17)9-13/h2-3,6-9H,4-5,18H2,1H3. The molecule has 0 aliphatic rings. The minimum absolute atomic E-state index is 0.379. The van der Waals surface area contributed by atoms with Crippen molar-refractivity contribution in [3.8, 4) is 11.5 Å². The van der Waals surface area contributed by atoms with Gasteiger partial charge in [0.25, 0.3) is 0 Å². The average molecular weight is 312 g/mol. The Morgan fingerprint density at radius 3 is 2.30 bits per heavy atom. The molecule has 3 nitrogen and oxygen atoms in total. The summed E-state index contributed by atoms with van der Waals surface area (Å²) in [5, 5.41) is 1.08. The molecule has 0 bridgehead atoms. The highest BCUT2D eigenvalue weighted by Crippen LogP contribution is 2.25. The largest absolute Gasteiger partial charge is 0.490 e. The lowest BCUT2D eigenvalue weighted by Crippen LogP contribution is -2.10. The number of halogens is 2. The third-order valence-electron chi connectivity index (χ3n) is 2.61. The minimum Gasteiger partial charge on any atom is -0.490 e. The second-order valence-electron chi connectivity index (χ2n) is 4.34. The van der Waals surface area contributed by atoms with E-state index in [2.05, 4.69) is 0 Å². The summed E-state index contributed by atoms with van der Waals surface area (Å²) in [7, 11) is 0. The number of hydrogen-bond donors (Lipinski definition) is 1. The first-order chi connectivity index (χ1) is 9.54. The van der Waals surface area contributed by atoms with Crippen LogP contribution < -0.4 is 15.2 Å². The molecule has 2 aromatic carbocycles. The fraction of sp³-hybridized carbons (Fsp3) is 0.200. The predicted octanol–water partition coefficient (Wildman–Crippen LogP) is 4.34. The maximum Gasteiger partial charge on any atom is 0.142 e. The van der Waals surface area contributed by atoms with Gasteiger partial charge in [-0.3, -0.25) is 0 Å². The number of anilines is 1. The summed E-state index contributed by atoms with van der Waals surface area (Å²) in [6, 6.07) is 10.7. The summed E-state index contributed by atoms with van der Waals surface area (Å²) in [5.74, 6) is 1.28. The van der Waals surface area contributed by atoms with Crippen molar-refractivity contribution in [2.75, 3.05) is 18.9 Å². The second kappa shape index (κ2) is 6.73. The van der Waals surface area contributed by atoms with Gasteiger partial charge in [0.2, 0.25) is 0 Å². The molecule has 0 fully saturated rings. The lowest BCUT2D eigenvalue weighted by molar-refractivity contribution is 0.218. The van der Waals surface area contributed by atoms with Gasteiger partial charge in [0.15, 0.2) is 0 Å². The summed E-state index contributed by atoms with van der Waals surface area (Å²) in [6.07, 6.45) is 0. The average Bonchev–Trinajstić information content (AvgIpc) is 2.37. The predicted molar refractivity (Wildman–Crippen MR) is 83.0 cm³/mol. The molecular weight excluding hydrogens is 297 g/mol. The van der Waals surface area contributed by atoms with Crippen LogP contribution in [0.15, 0.2) is 36.4 Å². The molecule has 0 aromatic heterocycles. The van der Waals surface area contributed by atoms with E-state index >= 15 is 0 Å². The van der Waals surface area contributed by atoms with Gasteiger partial charge in [-0.05, 0) is 42.8 Å². The van der Waals surface area contributed by atoms with Crippen LogP contribution in [0.4, 0.5) is 5.69 Å². The third kappa shape index (κ3) is 4.22. The SMILES string of the molecule is Cc1ccc(N)c(OCCOc2cc(Cl)cc(Cl)c2)c1. The Morgan fingerprint density at radius 1 is 0.950 bits per heavy atom. The van der Waals surface area contributed by atoms with Gasteiger partial charge in [0, 0.05) is 10.0 Å². The van der Waals surface area contributed by atoms with E-state index in [9.17, 15) is 0 Å². The normalized spacial score (nSPS) is 10.3. The first-order valence-electron chi connectivity index (χ1n) is 6.12. The van der Waals surface area contributed by atoms with Crippen LogP contribution in [0.5, 0.6) is 11.5 Å². The van der Waals surface area contributed by atoms with Crippen molar-refractivity contribution in [2.24, 2.45) is 0 Å². The summed E-state index contributed by atoms with van der Waals surface area (Å²) in [4.78, 5) is 0. The lowest BCUT2D eigenvalue weighted by atomic mass is 10.2. The topological polar surface area (TPSA) is 44.5 Å². The fourth-order valence-electron chi connectivity index (χ4n) is 1.69. The van der Waals surface area contributed by atoms with E-state index in [-0.39, 0.29) is 0 Å². The second-order valence-corrected chi connectivity index (χ2v) is 5.22. The molecule has 0 aliphatic carbocycles. The van der Waals surface area contributed by atoms with Gasteiger partial charge < -0.3 is 15.2 Å². The van der Waals surface area contributed by atoms with Gasteiger partial charge in [-0.15, -0.1) is 0 Å². The highest BCUT2D eigenvalue weighted by molar-refractivity contribution is 6.34. The van der Waals surface area contributed by atoms with E-state index in [1.807, 2.05) is 25.1 Å². The summed E-state index contributed by atoms with van der Waals surface area (Å²) in [5.41, 5.74) is 7.53. The molecule has 20 heavy (non-hydrogen) atoms. The molecule has 0 saturated heterocycles.